The van der Waals surface area contributed by atoms with Crippen molar-refractivity contribution in [2.24, 2.45) is 0 Å². The summed E-state index contributed by atoms with van der Waals surface area (Å²) in [5.74, 6) is 0.703. The number of pyridine rings is 1. The summed E-state index contributed by atoms with van der Waals surface area (Å²) in [4.78, 5) is 21.8. The number of nitrogens with zero attached hydrogens (tertiary/aromatic N) is 3. The number of amides is 1. The van der Waals surface area contributed by atoms with Crippen LogP contribution in [-0.4, -0.2) is 66.6 Å². The average Bonchev–Trinajstić information content (AvgIpc) is 2.75. The average molecular weight is 380 g/mol. The number of hydrogen-bond acceptors (Lipinski definition) is 4. The minimum Gasteiger partial charge on any atom is -0.379 e. The van der Waals surface area contributed by atoms with Gasteiger partial charge in [-0.1, -0.05) is 36.4 Å². The first-order valence-corrected chi connectivity index (χ1v) is 10.4. The molecule has 2 saturated heterocycles. The molecule has 2 aliphatic rings. The van der Waals surface area contributed by atoms with Crippen LogP contribution in [0, 0.1) is 0 Å². The van der Waals surface area contributed by atoms with E-state index >= 15 is 0 Å². The lowest BCUT2D eigenvalue weighted by atomic mass is 9.92. The predicted molar refractivity (Wildman–Crippen MR) is 109 cm³/mol. The number of hydrogen-bond donors (Lipinski definition) is 0. The first-order valence-electron chi connectivity index (χ1n) is 10.4. The van der Waals surface area contributed by atoms with Crippen molar-refractivity contribution in [3.63, 3.8) is 0 Å². The van der Waals surface area contributed by atoms with Crippen LogP contribution in [0.25, 0.3) is 0 Å². The predicted octanol–water partition coefficient (Wildman–Crippen LogP) is 2.71. The van der Waals surface area contributed by atoms with Gasteiger partial charge in [0.2, 0.25) is 5.91 Å². The lowest BCUT2D eigenvalue weighted by Crippen LogP contribution is -2.46. The van der Waals surface area contributed by atoms with E-state index in [1.807, 2.05) is 11.0 Å². The van der Waals surface area contributed by atoms with Crippen LogP contribution in [0.1, 0.15) is 35.7 Å². The summed E-state index contributed by atoms with van der Waals surface area (Å²) in [5.41, 5.74) is 3.58. The molecule has 0 spiro atoms. The van der Waals surface area contributed by atoms with Gasteiger partial charge in [0.1, 0.15) is 0 Å². The van der Waals surface area contributed by atoms with Gasteiger partial charge in [0.05, 0.1) is 19.8 Å². The second-order valence-electron chi connectivity index (χ2n) is 7.76. The van der Waals surface area contributed by atoms with E-state index < -0.39 is 0 Å². The Morgan fingerprint density at radius 2 is 1.71 bits per heavy atom. The molecule has 0 atom stereocenters. The van der Waals surface area contributed by atoms with Crippen molar-refractivity contribution in [2.45, 2.75) is 25.2 Å². The van der Waals surface area contributed by atoms with E-state index in [0.29, 0.717) is 12.5 Å². The Kier molecular flexibility index (Phi) is 6.34. The number of carbonyl (C=O) groups excluding carboxylic acids is 1. The lowest BCUT2D eigenvalue weighted by molar-refractivity contribution is -0.134. The minimum absolute atomic E-state index is 0.256. The molecule has 2 fully saturated rings. The number of rotatable bonds is 5. The zero-order chi connectivity index (χ0) is 19.2. The van der Waals surface area contributed by atoms with Crippen molar-refractivity contribution >= 4 is 5.91 Å². The van der Waals surface area contributed by atoms with Crippen LogP contribution < -0.4 is 0 Å². The zero-order valence-corrected chi connectivity index (χ0v) is 16.4. The van der Waals surface area contributed by atoms with Gasteiger partial charge in [-0.2, -0.15) is 0 Å². The maximum absolute atomic E-state index is 12.6. The minimum atomic E-state index is 0.256. The van der Waals surface area contributed by atoms with Crippen molar-refractivity contribution in [3.05, 3.63) is 65.5 Å². The quantitative estimate of drug-likeness (QED) is 0.801. The highest BCUT2D eigenvalue weighted by Gasteiger charge is 2.26. The Labute approximate surface area is 167 Å². The molecule has 0 bridgehead atoms. The molecule has 1 aromatic carbocycles. The van der Waals surface area contributed by atoms with Crippen LogP contribution in [0.3, 0.4) is 0 Å². The number of likely N-dealkylation sites (tertiary alicyclic amines) is 1. The van der Waals surface area contributed by atoms with Crippen LogP contribution in [0.2, 0.25) is 0 Å². The fourth-order valence-electron chi connectivity index (χ4n) is 4.10. The molecule has 1 amide bonds. The Morgan fingerprint density at radius 1 is 0.964 bits per heavy atom. The number of aromatic nitrogens is 1. The van der Waals surface area contributed by atoms with Crippen molar-refractivity contribution in [3.8, 4) is 0 Å². The molecular formula is C23H29N3O2. The monoisotopic (exact) mass is 379 g/mol. The third kappa shape index (κ3) is 4.97. The number of benzene rings is 1. The van der Waals surface area contributed by atoms with Crippen LogP contribution in [0.4, 0.5) is 0 Å². The standard InChI is InChI=1S/C23H29N3O2/c27-23(18-25-13-15-28-16-14-25)26-11-9-20(10-12-26)22-8-4-7-21(24-22)17-19-5-2-1-3-6-19/h1-8,20H,9-18H2. The molecule has 4 rings (SSSR count). The Balaban J connectivity index is 1.31. The number of carbonyl (C=O) groups is 1. The van der Waals surface area contributed by atoms with Gasteiger partial charge in [0.15, 0.2) is 0 Å². The highest BCUT2D eigenvalue weighted by Crippen LogP contribution is 2.27. The summed E-state index contributed by atoms with van der Waals surface area (Å²) >= 11 is 0. The number of piperidine rings is 1. The number of ether oxygens (including phenoxy) is 1. The largest absolute Gasteiger partial charge is 0.379 e. The SMILES string of the molecule is O=C(CN1CCOCC1)N1CCC(c2cccc(Cc3ccccc3)n2)CC1. The molecule has 0 unspecified atom stereocenters. The Morgan fingerprint density at radius 3 is 2.46 bits per heavy atom. The molecule has 28 heavy (non-hydrogen) atoms. The molecule has 1 aromatic heterocycles. The van der Waals surface area contributed by atoms with Crippen molar-refractivity contribution in [1.82, 2.24) is 14.8 Å². The highest BCUT2D eigenvalue weighted by molar-refractivity contribution is 5.78. The summed E-state index contributed by atoms with van der Waals surface area (Å²) in [6.45, 7) is 5.39. The third-order valence-electron chi connectivity index (χ3n) is 5.78. The normalized spacial score (nSPS) is 18.9. The van der Waals surface area contributed by atoms with E-state index in [1.165, 1.54) is 11.3 Å². The van der Waals surface area contributed by atoms with Crippen molar-refractivity contribution in [2.75, 3.05) is 45.9 Å². The van der Waals surface area contributed by atoms with E-state index in [0.717, 1.165) is 64.3 Å². The molecule has 2 aliphatic heterocycles. The first-order chi connectivity index (χ1) is 13.8. The van der Waals surface area contributed by atoms with Crippen molar-refractivity contribution < 1.29 is 9.53 Å². The molecule has 0 aliphatic carbocycles. The van der Waals surface area contributed by atoms with Gasteiger partial charge in [0, 0.05) is 49.9 Å². The summed E-state index contributed by atoms with van der Waals surface area (Å²) < 4.78 is 5.36. The summed E-state index contributed by atoms with van der Waals surface area (Å²) in [6, 6.07) is 16.9. The molecule has 2 aromatic rings. The lowest BCUT2D eigenvalue weighted by Gasteiger charge is -2.34. The van der Waals surface area contributed by atoms with E-state index in [2.05, 4.69) is 47.4 Å². The smallest absolute Gasteiger partial charge is 0.236 e. The van der Waals surface area contributed by atoms with Crippen LogP contribution in [0.15, 0.2) is 48.5 Å². The third-order valence-corrected chi connectivity index (χ3v) is 5.78. The molecular weight excluding hydrogens is 350 g/mol. The van der Waals surface area contributed by atoms with E-state index in [1.54, 1.807) is 0 Å². The maximum Gasteiger partial charge on any atom is 0.236 e. The maximum atomic E-state index is 12.6. The van der Waals surface area contributed by atoms with E-state index in [-0.39, 0.29) is 5.91 Å². The van der Waals surface area contributed by atoms with Crippen LogP contribution in [-0.2, 0) is 16.0 Å². The van der Waals surface area contributed by atoms with Gasteiger partial charge in [-0.15, -0.1) is 0 Å². The molecule has 5 heteroatoms. The first kappa shape index (κ1) is 19.1. The molecule has 5 nitrogen and oxygen atoms in total. The molecule has 148 valence electrons. The van der Waals surface area contributed by atoms with Gasteiger partial charge in [0.25, 0.3) is 0 Å². The second-order valence-corrected chi connectivity index (χ2v) is 7.76. The zero-order valence-electron chi connectivity index (χ0n) is 16.4. The Hall–Kier alpha value is -2.24. The van der Waals surface area contributed by atoms with Crippen LogP contribution in [0.5, 0.6) is 0 Å². The number of morpholine rings is 1. The van der Waals surface area contributed by atoms with Gasteiger partial charge in [-0.05, 0) is 30.5 Å². The summed E-state index contributed by atoms with van der Waals surface area (Å²) in [7, 11) is 0. The second kappa shape index (κ2) is 9.30. The molecule has 0 radical (unpaired) electrons. The molecule has 3 heterocycles. The molecule has 0 saturated carbocycles. The van der Waals surface area contributed by atoms with E-state index in [9.17, 15) is 4.79 Å². The highest BCUT2D eigenvalue weighted by atomic mass is 16.5. The Bertz CT molecular complexity index is 766. The summed E-state index contributed by atoms with van der Waals surface area (Å²) in [6.07, 6.45) is 2.86. The van der Waals surface area contributed by atoms with Gasteiger partial charge in [-0.3, -0.25) is 14.7 Å². The summed E-state index contributed by atoms with van der Waals surface area (Å²) in [5, 5.41) is 0. The van der Waals surface area contributed by atoms with Crippen LogP contribution >= 0.6 is 0 Å². The topological polar surface area (TPSA) is 45.7 Å². The van der Waals surface area contributed by atoms with Crippen molar-refractivity contribution in [1.29, 1.82) is 0 Å². The van der Waals surface area contributed by atoms with Gasteiger partial charge in [-0.25, -0.2) is 0 Å². The van der Waals surface area contributed by atoms with Gasteiger partial charge >= 0.3 is 0 Å². The fraction of sp³-hybridized carbons (Fsp3) is 0.478. The molecule has 0 N–H and O–H groups in total. The van der Waals surface area contributed by atoms with Gasteiger partial charge < -0.3 is 9.64 Å². The van der Waals surface area contributed by atoms with E-state index in [4.69, 9.17) is 9.72 Å². The fourth-order valence-corrected chi connectivity index (χ4v) is 4.10.